The van der Waals surface area contributed by atoms with Crippen LogP contribution in [-0.4, -0.2) is 22.7 Å². The summed E-state index contributed by atoms with van der Waals surface area (Å²) in [5, 5.41) is 11.5. The Hall–Kier alpha value is -1.06. The van der Waals surface area contributed by atoms with Crippen molar-refractivity contribution in [2.75, 3.05) is 0 Å². The topological polar surface area (TPSA) is 49.3 Å². The fourth-order valence-electron chi connectivity index (χ4n) is 1.26. The van der Waals surface area contributed by atoms with Gasteiger partial charge >= 0.3 is 0 Å². The molecule has 0 aliphatic carbocycles. The van der Waals surface area contributed by atoms with Gasteiger partial charge in [-0.25, -0.2) is 0 Å². The maximum absolute atomic E-state index is 11.9. The number of amides is 1. The van der Waals surface area contributed by atoms with Gasteiger partial charge < -0.3 is 10.4 Å². The molecule has 17 heavy (non-hydrogen) atoms. The van der Waals surface area contributed by atoms with Gasteiger partial charge in [0.1, 0.15) is 5.38 Å². The molecule has 0 saturated heterocycles. The second kappa shape index (κ2) is 5.52. The van der Waals surface area contributed by atoms with Crippen molar-refractivity contribution in [1.82, 2.24) is 5.32 Å². The highest BCUT2D eigenvalue weighted by molar-refractivity contribution is 6.30. The number of nitrogens with one attached hydrogen (secondary N) is 1. The van der Waals surface area contributed by atoms with Crippen LogP contribution in [-0.2, 0) is 4.79 Å². The van der Waals surface area contributed by atoms with Crippen molar-refractivity contribution in [3.8, 4) is 0 Å². The van der Waals surface area contributed by atoms with Crippen LogP contribution in [0.25, 0.3) is 0 Å². The predicted molar refractivity (Wildman–Crippen MR) is 68.9 cm³/mol. The third-order valence-electron chi connectivity index (χ3n) is 2.81. The first-order chi connectivity index (χ1) is 7.84. The van der Waals surface area contributed by atoms with E-state index >= 15 is 0 Å². The number of hydrogen-bond acceptors (Lipinski definition) is 2. The van der Waals surface area contributed by atoms with E-state index in [1.165, 1.54) is 0 Å². The van der Waals surface area contributed by atoms with Crippen molar-refractivity contribution in [2.45, 2.75) is 37.8 Å². The van der Waals surface area contributed by atoms with Gasteiger partial charge in [-0.1, -0.05) is 30.3 Å². The molecule has 1 amide bonds. The van der Waals surface area contributed by atoms with E-state index in [4.69, 9.17) is 11.6 Å². The van der Waals surface area contributed by atoms with Crippen LogP contribution in [0.1, 0.15) is 31.7 Å². The Morgan fingerprint density at radius 1 is 1.35 bits per heavy atom. The van der Waals surface area contributed by atoms with Crippen molar-refractivity contribution in [2.24, 2.45) is 0 Å². The van der Waals surface area contributed by atoms with Gasteiger partial charge in [-0.3, -0.25) is 4.79 Å². The minimum atomic E-state index is -0.741. The summed E-state index contributed by atoms with van der Waals surface area (Å²) < 4.78 is 0. The van der Waals surface area contributed by atoms with E-state index < -0.39 is 17.0 Å². The number of rotatable bonds is 4. The molecule has 0 bridgehead atoms. The fraction of sp³-hybridized carbons (Fsp3) is 0.462. The first-order valence-electron chi connectivity index (χ1n) is 5.53. The van der Waals surface area contributed by atoms with Gasteiger partial charge in [-0.05, 0) is 26.3 Å². The van der Waals surface area contributed by atoms with Crippen LogP contribution in [0.3, 0.4) is 0 Å². The molecule has 2 atom stereocenters. The van der Waals surface area contributed by atoms with E-state index in [0.29, 0.717) is 0 Å². The van der Waals surface area contributed by atoms with E-state index in [1.54, 1.807) is 32.9 Å². The quantitative estimate of drug-likeness (QED) is 0.811. The minimum absolute atomic E-state index is 0.302. The molecule has 0 aliphatic heterocycles. The molecular weight excluding hydrogens is 238 g/mol. The highest BCUT2D eigenvalue weighted by atomic mass is 35.5. The number of aliphatic hydroxyl groups is 1. The van der Waals surface area contributed by atoms with E-state index in [0.717, 1.165) is 5.56 Å². The van der Waals surface area contributed by atoms with E-state index in [1.807, 2.05) is 18.2 Å². The van der Waals surface area contributed by atoms with E-state index in [-0.39, 0.29) is 5.91 Å². The van der Waals surface area contributed by atoms with Crippen molar-refractivity contribution in [3.05, 3.63) is 35.9 Å². The Balaban J connectivity index is 2.72. The molecule has 0 aromatic heterocycles. The Bertz CT molecular complexity index is 376. The first-order valence-corrected chi connectivity index (χ1v) is 5.97. The molecule has 3 nitrogen and oxygen atoms in total. The number of aliphatic hydroxyl groups excluding tert-OH is 1. The number of carbonyl (C=O) groups excluding carboxylic acids is 1. The van der Waals surface area contributed by atoms with Crippen molar-refractivity contribution < 1.29 is 9.90 Å². The molecule has 0 spiro atoms. The molecule has 0 aliphatic rings. The molecule has 1 rings (SSSR count). The van der Waals surface area contributed by atoms with Gasteiger partial charge in [0.05, 0.1) is 11.6 Å². The zero-order valence-electron chi connectivity index (χ0n) is 10.3. The largest absolute Gasteiger partial charge is 0.391 e. The van der Waals surface area contributed by atoms with Crippen molar-refractivity contribution in [1.29, 1.82) is 0 Å². The summed E-state index contributed by atoms with van der Waals surface area (Å²) in [5.41, 5.74) is 0.0481. The molecule has 1 aromatic rings. The third kappa shape index (κ3) is 3.72. The third-order valence-corrected chi connectivity index (χ3v) is 3.26. The highest BCUT2D eigenvalue weighted by Gasteiger charge is 2.29. The Morgan fingerprint density at radius 3 is 2.35 bits per heavy atom. The molecule has 0 fully saturated rings. The highest BCUT2D eigenvalue weighted by Crippen LogP contribution is 2.21. The summed E-state index contributed by atoms with van der Waals surface area (Å²) in [6.45, 7) is 5.14. The van der Waals surface area contributed by atoms with Crippen LogP contribution in [0.2, 0.25) is 0 Å². The molecule has 1 aromatic carbocycles. The maximum Gasteiger partial charge on any atom is 0.243 e. The predicted octanol–water partition coefficient (Wildman–Crippen LogP) is 2.24. The lowest BCUT2D eigenvalue weighted by Crippen LogP contribution is -2.51. The standard InChI is InChI=1S/C13H18ClNO2/c1-9(16)13(2,3)15-12(17)11(14)10-7-5-4-6-8-10/h4-9,11,16H,1-3H3,(H,15,17). The van der Waals surface area contributed by atoms with E-state index in [9.17, 15) is 9.90 Å². The molecule has 2 N–H and O–H groups in total. The van der Waals surface area contributed by atoms with Crippen LogP contribution in [0.4, 0.5) is 0 Å². The second-order valence-corrected chi connectivity index (χ2v) is 5.10. The SMILES string of the molecule is CC(O)C(C)(C)NC(=O)C(Cl)c1ccccc1. The van der Waals surface area contributed by atoms with Gasteiger partial charge in [0.2, 0.25) is 5.91 Å². The van der Waals surface area contributed by atoms with Gasteiger partial charge in [0.25, 0.3) is 0 Å². The number of benzene rings is 1. The Kier molecular flexibility index (Phi) is 4.54. The normalized spacial score (nSPS) is 15.1. The first kappa shape index (κ1) is 14.0. The summed E-state index contributed by atoms with van der Waals surface area (Å²) in [6.07, 6.45) is -0.647. The van der Waals surface area contributed by atoms with Gasteiger partial charge in [-0.2, -0.15) is 0 Å². The lowest BCUT2D eigenvalue weighted by Gasteiger charge is -2.30. The molecule has 2 unspecified atom stereocenters. The van der Waals surface area contributed by atoms with Crippen LogP contribution < -0.4 is 5.32 Å². The zero-order valence-corrected chi connectivity index (χ0v) is 11.0. The molecule has 0 saturated carbocycles. The van der Waals surface area contributed by atoms with Gasteiger partial charge in [0.15, 0.2) is 0 Å². The van der Waals surface area contributed by atoms with Crippen LogP contribution in [0.5, 0.6) is 0 Å². The Labute approximate surface area is 107 Å². The molecular formula is C13H18ClNO2. The molecule has 4 heteroatoms. The second-order valence-electron chi connectivity index (χ2n) is 4.66. The number of carbonyl (C=O) groups is 1. The summed E-state index contributed by atoms with van der Waals surface area (Å²) in [6, 6.07) is 9.12. The summed E-state index contributed by atoms with van der Waals surface area (Å²) in [7, 11) is 0. The monoisotopic (exact) mass is 255 g/mol. The van der Waals surface area contributed by atoms with Gasteiger partial charge in [0, 0.05) is 0 Å². The summed E-state index contributed by atoms with van der Waals surface area (Å²) >= 11 is 6.07. The lowest BCUT2D eigenvalue weighted by molar-refractivity contribution is -0.123. The fourth-order valence-corrected chi connectivity index (χ4v) is 1.46. The molecule has 94 valence electrons. The number of alkyl halides is 1. The smallest absolute Gasteiger partial charge is 0.243 e. The molecule has 0 heterocycles. The lowest BCUT2D eigenvalue weighted by atomic mass is 9.98. The molecule has 0 radical (unpaired) electrons. The van der Waals surface area contributed by atoms with Crippen LogP contribution in [0, 0.1) is 0 Å². The average Bonchev–Trinajstić information content (AvgIpc) is 2.28. The van der Waals surface area contributed by atoms with Gasteiger partial charge in [-0.15, -0.1) is 11.6 Å². The minimum Gasteiger partial charge on any atom is -0.391 e. The van der Waals surface area contributed by atoms with Crippen molar-refractivity contribution in [3.63, 3.8) is 0 Å². The van der Waals surface area contributed by atoms with E-state index in [2.05, 4.69) is 5.32 Å². The summed E-state index contributed by atoms with van der Waals surface area (Å²) in [5.74, 6) is -0.302. The maximum atomic E-state index is 11.9. The summed E-state index contributed by atoms with van der Waals surface area (Å²) in [4.78, 5) is 11.9. The number of hydrogen-bond donors (Lipinski definition) is 2. The average molecular weight is 256 g/mol. The zero-order chi connectivity index (χ0) is 13.1. The van der Waals surface area contributed by atoms with Crippen LogP contribution in [0.15, 0.2) is 30.3 Å². The van der Waals surface area contributed by atoms with Crippen molar-refractivity contribution >= 4 is 17.5 Å². The number of halogens is 1. The Morgan fingerprint density at radius 2 is 1.88 bits per heavy atom. The van der Waals surface area contributed by atoms with Crippen LogP contribution >= 0.6 is 11.6 Å².